The van der Waals surface area contributed by atoms with Gasteiger partial charge >= 0.3 is 0 Å². The summed E-state index contributed by atoms with van der Waals surface area (Å²) in [5, 5.41) is 0. The van der Waals surface area contributed by atoms with Crippen LogP contribution in [0.5, 0.6) is 0 Å². The van der Waals surface area contributed by atoms with Crippen molar-refractivity contribution in [2.24, 2.45) is 17.1 Å². The van der Waals surface area contributed by atoms with Crippen LogP contribution >= 0.6 is 0 Å². The molecule has 0 aromatic carbocycles. The van der Waals surface area contributed by atoms with Crippen LogP contribution in [-0.4, -0.2) is 44.2 Å². The van der Waals surface area contributed by atoms with E-state index in [1.54, 1.807) is 4.90 Å². The van der Waals surface area contributed by atoms with Crippen molar-refractivity contribution in [1.82, 2.24) is 4.90 Å². The van der Waals surface area contributed by atoms with Gasteiger partial charge in [0.1, 0.15) is 0 Å². The van der Waals surface area contributed by atoms with E-state index < -0.39 is 0 Å². The van der Waals surface area contributed by atoms with Crippen molar-refractivity contribution in [2.75, 3.05) is 33.4 Å². The van der Waals surface area contributed by atoms with Gasteiger partial charge < -0.3 is 15.4 Å². The van der Waals surface area contributed by atoms with Gasteiger partial charge in [-0.3, -0.25) is 4.79 Å². The van der Waals surface area contributed by atoms with Crippen molar-refractivity contribution in [1.29, 1.82) is 0 Å². The van der Waals surface area contributed by atoms with E-state index in [-0.39, 0.29) is 11.3 Å². The highest BCUT2D eigenvalue weighted by atomic mass is 16.5. The van der Waals surface area contributed by atoms with Gasteiger partial charge in [0, 0.05) is 26.7 Å². The summed E-state index contributed by atoms with van der Waals surface area (Å²) in [6, 6.07) is 0. The standard InChI is InChI=1S/C12H22N2O2/c1-14(6-7-16-8-10-2-3-10)11(15)12(9-13)4-5-12/h10H,2-9,13H2,1H3. The molecule has 2 aliphatic carbocycles. The van der Waals surface area contributed by atoms with Gasteiger partial charge in [0.15, 0.2) is 0 Å². The van der Waals surface area contributed by atoms with Crippen LogP contribution in [0.25, 0.3) is 0 Å². The van der Waals surface area contributed by atoms with E-state index in [1.807, 2.05) is 7.05 Å². The van der Waals surface area contributed by atoms with Crippen LogP contribution in [-0.2, 0) is 9.53 Å². The summed E-state index contributed by atoms with van der Waals surface area (Å²) in [4.78, 5) is 13.8. The molecular formula is C12H22N2O2. The van der Waals surface area contributed by atoms with Crippen LogP contribution in [0.1, 0.15) is 25.7 Å². The van der Waals surface area contributed by atoms with E-state index >= 15 is 0 Å². The number of carbonyl (C=O) groups is 1. The number of nitrogens with zero attached hydrogens (tertiary/aromatic N) is 1. The molecule has 0 bridgehead atoms. The smallest absolute Gasteiger partial charge is 0.229 e. The second kappa shape index (κ2) is 4.72. The van der Waals surface area contributed by atoms with Crippen LogP contribution in [0.3, 0.4) is 0 Å². The lowest BCUT2D eigenvalue weighted by atomic mass is 10.1. The SMILES string of the molecule is CN(CCOCC1CC1)C(=O)C1(CN)CC1. The highest BCUT2D eigenvalue weighted by Gasteiger charge is 2.49. The fraction of sp³-hybridized carbons (Fsp3) is 0.917. The minimum Gasteiger partial charge on any atom is -0.379 e. The maximum Gasteiger partial charge on any atom is 0.229 e. The topological polar surface area (TPSA) is 55.6 Å². The molecule has 0 aromatic heterocycles. The lowest BCUT2D eigenvalue weighted by molar-refractivity contribution is -0.136. The minimum atomic E-state index is -0.217. The fourth-order valence-electron chi connectivity index (χ4n) is 1.90. The molecule has 2 fully saturated rings. The minimum absolute atomic E-state index is 0.199. The molecule has 2 N–H and O–H groups in total. The van der Waals surface area contributed by atoms with E-state index in [4.69, 9.17) is 10.5 Å². The molecule has 2 saturated carbocycles. The largest absolute Gasteiger partial charge is 0.379 e. The molecule has 2 rings (SSSR count). The Bertz CT molecular complexity index is 260. The summed E-state index contributed by atoms with van der Waals surface area (Å²) in [7, 11) is 1.85. The number of hydrogen-bond acceptors (Lipinski definition) is 3. The third-order valence-electron chi connectivity index (χ3n) is 3.67. The Kier molecular flexibility index (Phi) is 3.50. The van der Waals surface area contributed by atoms with Crippen LogP contribution < -0.4 is 5.73 Å². The first-order valence-corrected chi connectivity index (χ1v) is 6.21. The molecule has 0 radical (unpaired) electrons. The second-order valence-corrected chi connectivity index (χ2v) is 5.23. The third kappa shape index (κ3) is 2.74. The van der Waals surface area contributed by atoms with Gasteiger partial charge in [-0.25, -0.2) is 0 Å². The molecule has 0 heterocycles. The molecule has 0 aliphatic heterocycles. The van der Waals surface area contributed by atoms with Crippen molar-refractivity contribution in [3.63, 3.8) is 0 Å². The average Bonchev–Trinajstić information content (AvgIpc) is 3.17. The zero-order chi connectivity index (χ0) is 11.6. The Labute approximate surface area is 97.1 Å². The number of ether oxygens (including phenoxy) is 1. The van der Waals surface area contributed by atoms with Crippen molar-refractivity contribution in [3.05, 3.63) is 0 Å². The lowest BCUT2D eigenvalue weighted by Crippen LogP contribution is -2.39. The molecule has 0 unspecified atom stereocenters. The molecule has 4 heteroatoms. The number of likely N-dealkylation sites (N-methyl/N-ethyl adjacent to an activating group) is 1. The van der Waals surface area contributed by atoms with Crippen LogP contribution in [0.15, 0.2) is 0 Å². The Morgan fingerprint density at radius 1 is 1.50 bits per heavy atom. The molecule has 4 nitrogen and oxygen atoms in total. The highest BCUT2D eigenvalue weighted by molar-refractivity contribution is 5.85. The fourth-order valence-corrected chi connectivity index (χ4v) is 1.90. The number of amides is 1. The Hall–Kier alpha value is -0.610. The Morgan fingerprint density at radius 2 is 2.19 bits per heavy atom. The average molecular weight is 226 g/mol. The molecule has 0 spiro atoms. The highest BCUT2D eigenvalue weighted by Crippen LogP contribution is 2.45. The maximum atomic E-state index is 12.0. The number of hydrogen-bond donors (Lipinski definition) is 1. The normalized spacial score (nSPS) is 21.9. The van der Waals surface area contributed by atoms with Crippen LogP contribution in [0.2, 0.25) is 0 Å². The molecule has 1 amide bonds. The monoisotopic (exact) mass is 226 g/mol. The van der Waals surface area contributed by atoms with Crippen molar-refractivity contribution < 1.29 is 9.53 Å². The van der Waals surface area contributed by atoms with Gasteiger partial charge in [0.25, 0.3) is 0 Å². The molecule has 0 atom stereocenters. The first-order valence-electron chi connectivity index (χ1n) is 6.21. The van der Waals surface area contributed by atoms with Gasteiger partial charge in [0.2, 0.25) is 5.91 Å². The second-order valence-electron chi connectivity index (χ2n) is 5.23. The van der Waals surface area contributed by atoms with E-state index in [9.17, 15) is 4.79 Å². The summed E-state index contributed by atoms with van der Waals surface area (Å²) in [6.45, 7) is 2.69. The summed E-state index contributed by atoms with van der Waals surface area (Å²) < 4.78 is 5.52. The van der Waals surface area contributed by atoms with Crippen molar-refractivity contribution >= 4 is 5.91 Å². The quantitative estimate of drug-likeness (QED) is 0.647. The summed E-state index contributed by atoms with van der Waals surface area (Å²) in [6.07, 6.45) is 4.53. The van der Waals surface area contributed by atoms with E-state index in [0.29, 0.717) is 19.7 Å². The molecule has 0 saturated heterocycles. The number of carbonyl (C=O) groups excluding carboxylic acids is 1. The first kappa shape index (κ1) is 11.9. The predicted octanol–water partition coefficient (Wildman–Crippen LogP) is 0.610. The van der Waals surface area contributed by atoms with E-state index in [0.717, 1.165) is 25.4 Å². The van der Waals surface area contributed by atoms with Crippen molar-refractivity contribution in [2.45, 2.75) is 25.7 Å². The zero-order valence-corrected chi connectivity index (χ0v) is 10.1. The maximum absolute atomic E-state index is 12.0. The molecule has 16 heavy (non-hydrogen) atoms. The predicted molar refractivity (Wildman–Crippen MR) is 61.9 cm³/mol. The molecule has 0 aromatic rings. The molecule has 2 aliphatic rings. The Balaban J connectivity index is 1.62. The van der Waals surface area contributed by atoms with Gasteiger partial charge in [-0.1, -0.05) is 0 Å². The van der Waals surface area contributed by atoms with E-state index in [2.05, 4.69) is 0 Å². The van der Waals surface area contributed by atoms with Gasteiger partial charge in [-0.2, -0.15) is 0 Å². The zero-order valence-electron chi connectivity index (χ0n) is 10.1. The molecule has 92 valence electrons. The third-order valence-corrected chi connectivity index (χ3v) is 3.67. The van der Waals surface area contributed by atoms with Crippen LogP contribution in [0, 0.1) is 11.3 Å². The number of nitrogens with two attached hydrogens (primary N) is 1. The van der Waals surface area contributed by atoms with Gasteiger partial charge in [-0.05, 0) is 31.6 Å². The van der Waals surface area contributed by atoms with Gasteiger partial charge in [-0.15, -0.1) is 0 Å². The number of rotatable bonds is 7. The first-order chi connectivity index (χ1) is 7.68. The Morgan fingerprint density at radius 3 is 2.69 bits per heavy atom. The molecular weight excluding hydrogens is 204 g/mol. The summed E-state index contributed by atoms with van der Waals surface area (Å²) >= 11 is 0. The lowest BCUT2D eigenvalue weighted by Gasteiger charge is -2.22. The summed E-state index contributed by atoms with van der Waals surface area (Å²) in [5.41, 5.74) is 5.41. The van der Waals surface area contributed by atoms with Crippen LogP contribution in [0.4, 0.5) is 0 Å². The van der Waals surface area contributed by atoms with E-state index in [1.165, 1.54) is 12.8 Å². The van der Waals surface area contributed by atoms with Gasteiger partial charge in [0.05, 0.1) is 12.0 Å². The van der Waals surface area contributed by atoms with Crippen molar-refractivity contribution in [3.8, 4) is 0 Å². The summed E-state index contributed by atoms with van der Waals surface area (Å²) in [5.74, 6) is 0.991.